The summed E-state index contributed by atoms with van der Waals surface area (Å²) in [7, 11) is 0. The summed E-state index contributed by atoms with van der Waals surface area (Å²) >= 11 is 0. The van der Waals surface area contributed by atoms with Crippen molar-refractivity contribution >= 4 is 11.8 Å². The number of halogens is 1. The molecule has 5 heteroatoms. The number of piperazine rings is 1. The van der Waals surface area contributed by atoms with Crippen molar-refractivity contribution in [2.75, 3.05) is 26.2 Å². The van der Waals surface area contributed by atoms with Crippen molar-refractivity contribution in [2.24, 2.45) is 0 Å². The highest BCUT2D eigenvalue weighted by molar-refractivity contribution is 5.96. The Kier molecular flexibility index (Phi) is 4.37. The van der Waals surface area contributed by atoms with Crippen LogP contribution >= 0.6 is 0 Å². The molecule has 0 radical (unpaired) electrons. The van der Waals surface area contributed by atoms with E-state index in [2.05, 4.69) is 0 Å². The van der Waals surface area contributed by atoms with Gasteiger partial charge in [-0.15, -0.1) is 0 Å². The molecule has 0 aliphatic carbocycles. The van der Waals surface area contributed by atoms with Gasteiger partial charge in [0, 0.05) is 37.3 Å². The van der Waals surface area contributed by atoms with Gasteiger partial charge in [0.25, 0.3) is 11.8 Å². The second kappa shape index (κ2) is 6.60. The van der Waals surface area contributed by atoms with E-state index in [0.717, 1.165) is 0 Å². The predicted molar refractivity (Wildman–Crippen MR) is 84.6 cm³/mol. The van der Waals surface area contributed by atoms with Crippen LogP contribution in [-0.2, 0) is 0 Å². The topological polar surface area (TPSA) is 40.6 Å². The first-order valence-corrected chi connectivity index (χ1v) is 7.54. The second-order valence-electron chi connectivity index (χ2n) is 5.46. The first-order chi connectivity index (χ1) is 11.1. The second-order valence-corrected chi connectivity index (χ2v) is 5.46. The standard InChI is InChI=1S/C18H17FN2O2/c19-16-8-6-15(7-9-16)18(23)21-12-10-20(11-13-21)17(22)14-4-2-1-3-5-14/h1-9H,10-13H2. The lowest BCUT2D eigenvalue weighted by molar-refractivity contribution is 0.0535. The number of hydrogen-bond donors (Lipinski definition) is 0. The summed E-state index contributed by atoms with van der Waals surface area (Å²) < 4.78 is 12.9. The van der Waals surface area contributed by atoms with E-state index >= 15 is 0 Å². The number of nitrogens with zero attached hydrogens (tertiary/aromatic N) is 2. The molecule has 1 saturated heterocycles. The van der Waals surface area contributed by atoms with Crippen molar-refractivity contribution in [3.63, 3.8) is 0 Å². The predicted octanol–water partition coefficient (Wildman–Crippen LogP) is 2.42. The summed E-state index contributed by atoms with van der Waals surface area (Å²) in [5.41, 5.74) is 1.13. The Morgan fingerprint density at radius 3 is 1.61 bits per heavy atom. The molecular formula is C18H17FN2O2. The van der Waals surface area contributed by atoms with E-state index in [9.17, 15) is 14.0 Å². The average molecular weight is 312 g/mol. The lowest BCUT2D eigenvalue weighted by Crippen LogP contribution is -2.50. The van der Waals surface area contributed by atoms with Gasteiger partial charge in [0.15, 0.2) is 0 Å². The van der Waals surface area contributed by atoms with E-state index in [0.29, 0.717) is 37.3 Å². The maximum absolute atomic E-state index is 12.9. The van der Waals surface area contributed by atoms with Crippen LogP contribution < -0.4 is 0 Å². The largest absolute Gasteiger partial charge is 0.335 e. The van der Waals surface area contributed by atoms with Gasteiger partial charge >= 0.3 is 0 Å². The molecule has 0 bridgehead atoms. The van der Waals surface area contributed by atoms with Crippen LogP contribution in [0.4, 0.5) is 4.39 Å². The van der Waals surface area contributed by atoms with Crippen LogP contribution in [0.15, 0.2) is 54.6 Å². The third-order valence-corrected chi connectivity index (χ3v) is 3.97. The van der Waals surface area contributed by atoms with E-state index < -0.39 is 0 Å². The molecule has 0 aromatic heterocycles. The molecule has 2 aromatic rings. The normalized spacial score (nSPS) is 14.7. The highest BCUT2D eigenvalue weighted by Crippen LogP contribution is 2.12. The average Bonchev–Trinajstić information content (AvgIpc) is 2.62. The first kappa shape index (κ1) is 15.2. The lowest BCUT2D eigenvalue weighted by Gasteiger charge is -2.34. The number of carbonyl (C=O) groups excluding carboxylic acids is 2. The molecule has 118 valence electrons. The van der Waals surface area contributed by atoms with Gasteiger partial charge in [-0.1, -0.05) is 18.2 Å². The van der Waals surface area contributed by atoms with Gasteiger partial charge in [-0.25, -0.2) is 4.39 Å². The Morgan fingerprint density at radius 2 is 1.13 bits per heavy atom. The molecule has 1 aliphatic rings. The van der Waals surface area contributed by atoms with Crippen molar-refractivity contribution in [1.29, 1.82) is 0 Å². The van der Waals surface area contributed by atoms with Crippen LogP contribution in [0.5, 0.6) is 0 Å². The fourth-order valence-corrected chi connectivity index (χ4v) is 2.65. The molecule has 1 heterocycles. The van der Waals surface area contributed by atoms with Crippen LogP contribution in [0.3, 0.4) is 0 Å². The number of carbonyl (C=O) groups is 2. The van der Waals surface area contributed by atoms with Crippen molar-refractivity contribution in [3.8, 4) is 0 Å². The summed E-state index contributed by atoms with van der Waals surface area (Å²) in [6.07, 6.45) is 0. The van der Waals surface area contributed by atoms with Gasteiger partial charge < -0.3 is 9.80 Å². The third-order valence-electron chi connectivity index (χ3n) is 3.97. The van der Waals surface area contributed by atoms with E-state index in [4.69, 9.17) is 0 Å². The molecule has 0 unspecified atom stereocenters. The maximum Gasteiger partial charge on any atom is 0.253 e. The molecule has 3 rings (SSSR count). The Morgan fingerprint density at radius 1 is 0.696 bits per heavy atom. The molecule has 23 heavy (non-hydrogen) atoms. The number of rotatable bonds is 2. The van der Waals surface area contributed by atoms with Gasteiger partial charge in [0.1, 0.15) is 5.82 Å². The fourth-order valence-electron chi connectivity index (χ4n) is 2.65. The Balaban J connectivity index is 1.61. The zero-order chi connectivity index (χ0) is 16.2. The van der Waals surface area contributed by atoms with Crippen LogP contribution in [0, 0.1) is 5.82 Å². The van der Waals surface area contributed by atoms with Gasteiger partial charge in [-0.05, 0) is 36.4 Å². The van der Waals surface area contributed by atoms with Crippen molar-refractivity contribution < 1.29 is 14.0 Å². The van der Waals surface area contributed by atoms with Crippen LogP contribution in [-0.4, -0.2) is 47.8 Å². The summed E-state index contributed by atoms with van der Waals surface area (Å²) in [6.45, 7) is 1.96. The molecule has 1 aliphatic heterocycles. The molecule has 1 fully saturated rings. The molecular weight excluding hydrogens is 295 g/mol. The fraction of sp³-hybridized carbons (Fsp3) is 0.222. The number of amides is 2. The van der Waals surface area contributed by atoms with E-state index in [1.54, 1.807) is 21.9 Å². The molecule has 2 amide bonds. The van der Waals surface area contributed by atoms with Crippen LogP contribution in [0.25, 0.3) is 0 Å². The zero-order valence-corrected chi connectivity index (χ0v) is 12.6. The quantitative estimate of drug-likeness (QED) is 0.854. The lowest BCUT2D eigenvalue weighted by atomic mass is 10.1. The minimum atomic E-state index is -0.361. The first-order valence-electron chi connectivity index (χ1n) is 7.54. The van der Waals surface area contributed by atoms with Gasteiger partial charge in [0.05, 0.1) is 0 Å². The van der Waals surface area contributed by atoms with Gasteiger partial charge in [-0.3, -0.25) is 9.59 Å². The minimum absolute atomic E-state index is 0.0144. The van der Waals surface area contributed by atoms with E-state index in [1.807, 2.05) is 18.2 Å². The van der Waals surface area contributed by atoms with E-state index in [-0.39, 0.29) is 17.6 Å². The smallest absolute Gasteiger partial charge is 0.253 e. The van der Waals surface area contributed by atoms with Gasteiger partial charge in [-0.2, -0.15) is 0 Å². The van der Waals surface area contributed by atoms with E-state index in [1.165, 1.54) is 24.3 Å². The third kappa shape index (κ3) is 3.39. The summed E-state index contributed by atoms with van der Waals surface area (Å²) in [5.74, 6) is -0.504. The molecule has 2 aromatic carbocycles. The summed E-state index contributed by atoms with van der Waals surface area (Å²) in [5, 5.41) is 0. The Bertz CT molecular complexity index is 693. The van der Waals surface area contributed by atoms with Crippen molar-refractivity contribution in [1.82, 2.24) is 9.80 Å². The SMILES string of the molecule is O=C(c1ccccc1)N1CCN(C(=O)c2ccc(F)cc2)CC1. The van der Waals surface area contributed by atoms with Crippen molar-refractivity contribution in [2.45, 2.75) is 0 Å². The Labute approximate surface area is 134 Å². The minimum Gasteiger partial charge on any atom is -0.335 e. The number of benzene rings is 2. The summed E-state index contributed by atoms with van der Waals surface area (Å²) in [6, 6.07) is 14.7. The maximum atomic E-state index is 12.9. The molecule has 0 saturated carbocycles. The van der Waals surface area contributed by atoms with Gasteiger partial charge in [0.2, 0.25) is 0 Å². The zero-order valence-electron chi connectivity index (χ0n) is 12.6. The molecule has 4 nitrogen and oxygen atoms in total. The molecule has 0 N–H and O–H groups in total. The van der Waals surface area contributed by atoms with Crippen molar-refractivity contribution in [3.05, 3.63) is 71.5 Å². The van der Waals surface area contributed by atoms with Crippen LogP contribution in [0.2, 0.25) is 0 Å². The highest BCUT2D eigenvalue weighted by Gasteiger charge is 2.25. The Hall–Kier alpha value is -2.69. The monoisotopic (exact) mass is 312 g/mol. The highest BCUT2D eigenvalue weighted by atomic mass is 19.1. The molecule has 0 spiro atoms. The molecule has 0 atom stereocenters. The number of hydrogen-bond acceptors (Lipinski definition) is 2. The summed E-state index contributed by atoms with van der Waals surface area (Å²) in [4.78, 5) is 28.2. The van der Waals surface area contributed by atoms with Crippen LogP contribution in [0.1, 0.15) is 20.7 Å².